The van der Waals surface area contributed by atoms with Crippen molar-refractivity contribution in [2.45, 2.75) is 71.0 Å². The van der Waals surface area contributed by atoms with Crippen molar-refractivity contribution < 1.29 is 4.79 Å². The van der Waals surface area contributed by atoms with E-state index in [2.05, 4.69) is 27.8 Å². The highest BCUT2D eigenvalue weighted by molar-refractivity contribution is 5.73. The third-order valence-electron chi connectivity index (χ3n) is 6.89. The van der Waals surface area contributed by atoms with Gasteiger partial charge < -0.3 is 10.2 Å². The SMILES string of the molecule is CC(=O)N1CCc2c(c(C)nn2C2CCc3c(cnn3C3CCNCC3)C2)C1. The third-order valence-corrected chi connectivity index (χ3v) is 6.89. The molecule has 0 radical (unpaired) electrons. The summed E-state index contributed by atoms with van der Waals surface area (Å²) in [6.45, 7) is 7.45. The summed E-state index contributed by atoms with van der Waals surface area (Å²) >= 11 is 0. The van der Waals surface area contributed by atoms with Crippen LogP contribution in [0.25, 0.3) is 0 Å². The minimum absolute atomic E-state index is 0.158. The van der Waals surface area contributed by atoms with Gasteiger partial charge in [0.1, 0.15) is 0 Å². The molecular formula is C21H30N6O. The summed E-state index contributed by atoms with van der Waals surface area (Å²) in [6, 6.07) is 0.961. The van der Waals surface area contributed by atoms with Crippen molar-refractivity contribution in [3.63, 3.8) is 0 Å². The smallest absolute Gasteiger partial charge is 0.219 e. The van der Waals surface area contributed by atoms with Gasteiger partial charge in [-0.25, -0.2) is 0 Å². The van der Waals surface area contributed by atoms with Crippen molar-refractivity contribution in [2.24, 2.45) is 0 Å². The highest BCUT2D eigenvalue weighted by atomic mass is 16.2. The second-order valence-electron chi connectivity index (χ2n) is 8.58. The Morgan fingerprint density at radius 2 is 1.93 bits per heavy atom. The molecule has 0 saturated carbocycles. The Balaban J connectivity index is 1.38. The number of amides is 1. The summed E-state index contributed by atoms with van der Waals surface area (Å²) in [5.41, 5.74) is 6.53. The highest BCUT2D eigenvalue weighted by Gasteiger charge is 2.31. The Hall–Kier alpha value is -2.15. The Kier molecular flexibility index (Phi) is 4.50. The van der Waals surface area contributed by atoms with Gasteiger partial charge in [0, 0.05) is 43.4 Å². The van der Waals surface area contributed by atoms with E-state index in [4.69, 9.17) is 10.2 Å². The number of piperidine rings is 1. The van der Waals surface area contributed by atoms with Crippen LogP contribution in [0, 0.1) is 6.92 Å². The zero-order valence-corrected chi connectivity index (χ0v) is 16.9. The van der Waals surface area contributed by atoms with Crippen molar-refractivity contribution in [2.75, 3.05) is 19.6 Å². The number of nitrogens with one attached hydrogen (secondary N) is 1. The largest absolute Gasteiger partial charge is 0.338 e. The zero-order chi connectivity index (χ0) is 19.3. The van der Waals surface area contributed by atoms with Crippen LogP contribution in [0.15, 0.2) is 6.20 Å². The van der Waals surface area contributed by atoms with E-state index in [0.717, 1.165) is 51.0 Å². The molecule has 1 saturated heterocycles. The average molecular weight is 383 g/mol. The first-order chi connectivity index (χ1) is 13.6. The summed E-state index contributed by atoms with van der Waals surface area (Å²) in [4.78, 5) is 13.7. The summed E-state index contributed by atoms with van der Waals surface area (Å²) in [5.74, 6) is 0.158. The number of carbonyl (C=O) groups is 1. The summed E-state index contributed by atoms with van der Waals surface area (Å²) in [5, 5.41) is 13.2. The molecular weight excluding hydrogens is 352 g/mol. The minimum atomic E-state index is 0.158. The van der Waals surface area contributed by atoms with Crippen LogP contribution in [-0.4, -0.2) is 50.0 Å². The normalized spacial score (nSPS) is 22.8. The van der Waals surface area contributed by atoms with Gasteiger partial charge in [-0.2, -0.15) is 10.2 Å². The monoisotopic (exact) mass is 382 g/mol. The van der Waals surface area contributed by atoms with E-state index in [0.29, 0.717) is 18.6 Å². The van der Waals surface area contributed by atoms with Crippen molar-refractivity contribution in [1.29, 1.82) is 0 Å². The topological polar surface area (TPSA) is 68.0 Å². The molecule has 4 heterocycles. The van der Waals surface area contributed by atoms with Crippen molar-refractivity contribution in [3.05, 3.63) is 34.4 Å². The van der Waals surface area contributed by atoms with Gasteiger partial charge >= 0.3 is 0 Å². The van der Waals surface area contributed by atoms with Crippen LogP contribution >= 0.6 is 0 Å². The number of aryl methyl sites for hydroxylation is 1. The van der Waals surface area contributed by atoms with Crippen LogP contribution in [-0.2, 0) is 30.6 Å². The Morgan fingerprint density at radius 1 is 1.11 bits per heavy atom. The Morgan fingerprint density at radius 3 is 2.71 bits per heavy atom. The summed E-state index contributed by atoms with van der Waals surface area (Å²) in [6.07, 6.45) is 8.58. The summed E-state index contributed by atoms with van der Waals surface area (Å²) < 4.78 is 4.61. The predicted molar refractivity (Wildman–Crippen MR) is 106 cm³/mol. The molecule has 2 aliphatic heterocycles. The van der Waals surface area contributed by atoms with Gasteiger partial charge in [-0.3, -0.25) is 14.2 Å². The van der Waals surface area contributed by atoms with Gasteiger partial charge in [-0.05, 0) is 57.7 Å². The molecule has 1 N–H and O–H groups in total. The molecule has 5 rings (SSSR count). The van der Waals surface area contributed by atoms with Crippen molar-refractivity contribution >= 4 is 5.91 Å². The number of fused-ring (bicyclic) bond motifs is 2. The number of aromatic nitrogens is 4. The quantitative estimate of drug-likeness (QED) is 0.862. The standard InChI is InChI=1S/C21H30N6O/c1-14-19-13-25(15(2)28)10-7-21(19)27(24-14)18-3-4-20-16(11-18)12-23-26(20)17-5-8-22-9-6-17/h12,17-18,22H,3-11,13H2,1-2H3. The second kappa shape index (κ2) is 7.03. The van der Waals surface area contributed by atoms with Crippen LogP contribution in [0.2, 0.25) is 0 Å². The van der Waals surface area contributed by atoms with E-state index in [1.807, 2.05) is 4.90 Å². The molecule has 7 heteroatoms. The number of carbonyl (C=O) groups excluding carboxylic acids is 1. The van der Waals surface area contributed by atoms with Gasteiger partial charge in [-0.1, -0.05) is 0 Å². The maximum absolute atomic E-state index is 11.8. The molecule has 1 amide bonds. The summed E-state index contributed by atoms with van der Waals surface area (Å²) in [7, 11) is 0. The molecule has 2 aromatic rings. The van der Waals surface area contributed by atoms with Crippen LogP contribution in [0.3, 0.4) is 0 Å². The van der Waals surface area contributed by atoms with E-state index in [1.54, 1.807) is 6.92 Å². The van der Waals surface area contributed by atoms with Crippen LogP contribution in [0.5, 0.6) is 0 Å². The van der Waals surface area contributed by atoms with Crippen molar-refractivity contribution in [1.82, 2.24) is 29.8 Å². The number of nitrogens with zero attached hydrogens (tertiary/aromatic N) is 5. The number of hydrogen-bond donors (Lipinski definition) is 1. The predicted octanol–water partition coefficient (Wildman–Crippen LogP) is 1.95. The molecule has 2 aromatic heterocycles. The molecule has 0 spiro atoms. The third kappa shape index (κ3) is 2.96. The van der Waals surface area contributed by atoms with E-state index < -0.39 is 0 Å². The molecule has 7 nitrogen and oxygen atoms in total. The van der Waals surface area contributed by atoms with Gasteiger partial charge in [0.2, 0.25) is 5.91 Å². The lowest BCUT2D eigenvalue weighted by Gasteiger charge is -2.30. The van der Waals surface area contributed by atoms with Crippen LogP contribution in [0.1, 0.15) is 66.5 Å². The van der Waals surface area contributed by atoms with E-state index in [1.165, 1.54) is 35.4 Å². The fourth-order valence-electron chi connectivity index (χ4n) is 5.28. The second-order valence-corrected chi connectivity index (χ2v) is 8.58. The van der Waals surface area contributed by atoms with E-state index in [9.17, 15) is 4.79 Å². The van der Waals surface area contributed by atoms with Crippen LogP contribution < -0.4 is 5.32 Å². The lowest BCUT2D eigenvalue weighted by Crippen LogP contribution is -2.35. The molecule has 3 aliphatic rings. The van der Waals surface area contributed by atoms with Gasteiger partial charge in [0.25, 0.3) is 0 Å². The molecule has 0 bridgehead atoms. The maximum atomic E-state index is 11.8. The zero-order valence-electron chi connectivity index (χ0n) is 16.9. The van der Waals surface area contributed by atoms with Gasteiger partial charge in [-0.15, -0.1) is 0 Å². The lowest BCUT2D eigenvalue weighted by molar-refractivity contribution is -0.129. The fourth-order valence-corrected chi connectivity index (χ4v) is 5.28. The first kappa shape index (κ1) is 17.9. The molecule has 1 fully saturated rings. The number of hydrogen-bond acceptors (Lipinski definition) is 4. The molecule has 28 heavy (non-hydrogen) atoms. The Labute approximate surface area is 166 Å². The minimum Gasteiger partial charge on any atom is -0.338 e. The van der Waals surface area contributed by atoms with Gasteiger partial charge in [0.05, 0.1) is 24.0 Å². The number of rotatable bonds is 2. The maximum Gasteiger partial charge on any atom is 0.219 e. The van der Waals surface area contributed by atoms with E-state index in [-0.39, 0.29) is 5.91 Å². The molecule has 150 valence electrons. The molecule has 1 aliphatic carbocycles. The fraction of sp³-hybridized carbons (Fsp3) is 0.667. The van der Waals surface area contributed by atoms with Gasteiger partial charge in [0.15, 0.2) is 0 Å². The van der Waals surface area contributed by atoms with Crippen LogP contribution in [0.4, 0.5) is 0 Å². The average Bonchev–Trinajstić information content (AvgIpc) is 3.29. The highest BCUT2D eigenvalue weighted by Crippen LogP contribution is 2.34. The van der Waals surface area contributed by atoms with Crippen molar-refractivity contribution in [3.8, 4) is 0 Å². The first-order valence-corrected chi connectivity index (χ1v) is 10.7. The Bertz CT molecular complexity index is 891. The molecule has 0 aromatic carbocycles. The molecule has 1 unspecified atom stereocenters. The first-order valence-electron chi connectivity index (χ1n) is 10.7. The lowest BCUT2D eigenvalue weighted by atomic mass is 9.92. The molecule has 1 atom stereocenters. The van der Waals surface area contributed by atoms with E-state index >= 15 is 0 Å².